The first-order valence-electron chi connectivity index (χ1n) is 6.42. The van der Waals surface area contributed by atoms with Gasteiger partial charge in [0.1, 0.15) is 11.6 Å². The zero-order chi connectivity index (χ0) is 14.8. The molecule has 0 atom stereocenters. The van der Waals surface area contributed by atoms with E-state index < -0.39 is 5.24 Å². The van der Waals surface area contributed by atoms with Crippen LogP contribution >= 0.6 is 11.6 Å². The molecule has 0 amide bonds. The van der Waals surface area contributed by atoms with Crippen LogP contribution in [0, 0.1) is 11.3 Å². The molecule has 0 fully saturated rings. The number of carbonyl (C=O) groups is 1. The van der Waals surface area contributed by atoms with Crippen LogP contribution in [0.4, 0.5) is 0 Å². The maximum absolute atomic E-state index is 11.2. The van der Waals surface area contributed by atoms with Crippen molar-refractivity contribution in [2.75, 3.05) is 0 Å². The molecule has 0 aliphatic heterocycles. The zero-order valence-corrected chi connectivity index (χ0v) is 11.8. The minimum atomic E-state index is -0.740. The van der Waals surface area contributed by atoms with Gasteiger partial charge >= 0.3 is 0 Å². The standard InChI is InChI=1S/C18H10ClNO/c19-18(21)16(11-20)9-15-7-3-6-14-8-12-4-1-2-5-13(12)10-17(14)15/h1-10H. The summed E-state index contributed by atoms with van der Waals surface area (Å²) < 4.78 is 0. The van der Waals surface area contributed by atoms with Gasteiger partial charge in [-0.2, -0.15) is 5.26 Å². The van der Waals surface area contributed by atoms with Gasteiger partial charge in [0.15, 0.2) is 0 Å². The lowest BCUT2D eigenvalue weighted by atomic mass is 9.99. The lowest BCUT2D eigenvalue weighted by molar-refractivity contribution is -0.108. The van der Waals surface area contributed by atoms with Gasteiger partial charge in [0, 0.05) is 0 Å². The lowest BCUT2D eigenvalue weighted by Crippen LogP contribution is -1.90. The Hall–Kier alpha value is -2.63. The fourth-order valence-corrected chi connectivity index (χ4v) is 2.50. The first-order chi connectivity index (χ1) is 10.2. The van der Waals surface area contributed by atoms with Gasteiger partial charge in [-0.3, -0.25) is 4.79 Å². The normalized spacial score (nSPS) is 11.5. The Morgan fingerprint density at radius 1 is 1.00 bits per heavy atom. The summed E-state index contributed by atoms with van der Waals surface area (Å²) >= 11 is 5.41. The molecule has 3 rings (SSSR count). The first-order valence-corrected chi connectivity index (χ1v) is 6.80. The number of benzene rings is 3. The molecular weight excluding hydrogens is 282 g/mol. The minimum absolute atomic E-state index is 0.0580. The molecule has 0 aliphatic rings. The number of rotatable bonds is 2. The van der Waals surface area contributed by atoms with Gasteiger partial charge in [-0.25, -0.2) is 0 Å². The third-order valence-corrected chi connectivity index (χ3v) is 3.62. The molecule has 0 radical (unpaired) electrons. The lowest BCUT2D eigenvalue weighted by Gasteiger charge is -2.05. The maximum atomic E-state index is 11.2. The average molecular weight is 292 g/mol. The SMILES string of the molecule is N#CC(=Cc1cccc2cc3ccccc3cc12)C(=O)Cl. The summed E-state index contributed by atoms with van der Waals surface area (Å²) in [5.41, 5.74) is 0.751. The fraction of sp³-hybridized carbons (Fsp3) is 0. The second-order valence-electron chi connectivity index (χ2n) is 4.71. The van der Waals surface area contributed by atoms with E-state index in [1.54, 1.807) is 0 Å². The predicted octanol–water partition coefficient (Wildman–Crippen LogP) is 4.67. The number of fused-ring (bicyclic) bond motifs is 2. The smallest absolute Gasteiger partial charge is 0.262 e. The van der Waals surface area contributed by atoms with E-state index in [0.29, 0.717) is 0 Å². The number of halogens is 1. The maximum Gasteiger partial charge on any atom is 0.262 e. The van der Waals surface area contributed by atoms with Crippen LogP contribution in [0.25, 0.3) is 27.6 Å². The monoisotopic (exact) mass is 291 g/mol. The third kappa shape index (κ3) is 2.52. The second kappa shape index (κ2) is 5.40. The molecule has 0 saturated carbocycles. The number of hydrogen-bond donors (Lipinski definition) is 0. The van der Waals surface area contributed by atoms with Crippen molar-refractivity contribution in [2.45, 2.75) is 0 Å². The van der Waals surface area contributed by atoms with Crippen LogP contribution in [0.5, 0.6) is 0 Å². The summed E-state index contributed by atoms with van der Waals surface area (Å²) in [6, 6.07) is 19.8. The van der Waals surface area contributed by atoms with E-state index >= 15 is 0 Å². The molecule has 0 saturated heterocycles. The van der Waals surface area contributed by atoms with Crippen LogP contribution in [-0.4, -0.2) is 5.24 Å². The van der Waals surface area contributed by atoms with Gasteiger partial charge in [0.2, 0.25) is 0 Å². The van der Waals surface area contributed by atoms with Crippen molar-refractivity contribution in [1.82, 2.24) is 0 Å². The highest BCUT2D eigenvalue weighted by Gasteiger charge is 2.07. The van der Waals surface area contributed by atoms with Crippen LogP contribution in [0.15, 0.2) is 60.2 Å². The first kappa shape index (κ1) is 13.4. The van der Waals surface area contributed by atoms with Gasteiger partial charge < -0.3 is 0 Å². The van der Waals surface area contributed by atoms with Crippen molar-refractivity contribution >= 4 is 44.5 Å². The highest BCUT2D eigenvalue weighted by atomic mass is 35.5. The minimum Gasteiger partial charge on any atom is -0.275 e. The van der Waals surface area contributed by atoms with Crippen molar-refractivity contribution in [3.05, 3.63) is 65.7 Å². The number of hydrogen-bond acceptors (Lipinski definition) is 2. The molecular formula is C18H10ClNO. The van der Waals surface area contributed by atoms with Crippen molar-refractivity contribution in [3.63, 3.8) is 0 Å². The van der Waals surface area contributed by atoms with Crippen LogP contribution in [-0.2, 0) is 4.79 Å². The Morgan fingerprint density at radius 2 is 1.67 bits per heavy atom. The van der Waals surface area contributed by atoms with Crippen LogP contribution < -0.4 is 0 Å². The van der Waals surface area contributed by atoms with E-state index in [9.17, 15) is 4.79 Å². The highest BCUT2D eigenvalue weighted by Crippen LogP contribution is 2.27. The zero-order valence-electron chi connectivity index (χ0n) is 11.0. The van der Waals surface area contributed by atoms with E-state index in [1.807, 2.05) is 42.5 Å². The average Bonchev–Trinajstić information content (AvgIpc) is 2.50. The van der Waals surface area contributed by atoms with E-state index in [2.05, 4.69) is 18.2 Å². The van der Waals surface area contributed by atoms with Crippen LogP contribution in [0.2, 0.25) is 0 Å². The largest absolute Gasteiger partial charge is 0.275 e. The molecule has 100 valence electrons. The third-order valence-electron chi connectivity index (χ3n) is 3.41. The second-order valence-corrected chi connectivity index (χ2v) is 5.05. The molecule has 3 aromatic carbocycles. The summed E-state index contributed by atoms with van der Waals surface area (Å²) in [4.78, 5) is 11.2. The van der Waals surface area contributed by atoms with Gasteiger partial charge in [-0.15, -0.1) is 0 Å². The van der Waals surface area contributed by atoms with Gasteiger partial charge in [0.25, 0.3) is 5.24 Å². The Labute approximate surface area is 126 Å². The molecule has 0 heterocycles. The van der Waals surface area contributed by atoms with Gasteiger partial charge in [-0.05, 0) is 56.9 Å². The Balaban J connectivity index is 2.31. The van der Waals surface area contributed by atoms with Gasteiger partial charge in [0.05, 0.1) is 0 Å². The highest BCUT2D eigenvalue weighted by molar-refractivity contribution is 6.68. The van der Waals surface area contributed by atoms with Crippen molar-refractivity contribution in [1.29, 1.82) is 5.26 Å². The molecule has 0 aromatic heterocycles. The number of allylic oxidation sites excluding steroid dienone is 1. The summed E-state index contributed by atoms with van der Waals surface area (Å²) in [6.45, 7) is 0. The quantitative estimate of drug-likeness (QED) is 0.298. The molecule has 21 heavy (non-hydrogen) atoms. The summed E-state index contributed by atoms with van der Waals surface area (Å²) in [6.07, 6.45) is 1.53. The number of nitrogens with zero attached hydrogens (tertiary/aromatic N) is 1. The Morgan fingerprint density at radius 3 is 2.33 bits per heavy atom. The summed E-state index contributed by atoms with van der Waals surface area (Å²) in [5.74, 6) is 0. The molecule has 0 aliphatic carbocycles. The molecule has 3 aromatic rings. The van der Waals surface area contributed by atoms with Crippen LogP contribution in [0.3, 0.4) is 0 Å². The summed E-state index contributed by atoms with van der Waals surface area (Å²) in [5, 5.41) is 12.5. The van der Waals surface area contributed by atoms with E-state index in [1.165, 1.54) is 6.08 Å². The number of nitriles is 1. The Kier molecular flexibility index (Phi) is 3.43. The summed E-state index contributed by atoms with van der Waals surface area (Å²) in [7, 11) is 0. The number of carbonyl (C=O) groups excluding carboxylic acids is 1. The molecule has 2 nitrogen and oxygen atoms in total. The van der Waals surface area contributed by atoms with Crippen LogP contribution in [0.1, 0.15) is 5.56 Å². The van der Waals surface area contributed by atoms with Gasteiger partial charge in [-0.1, -0.05) is 42.5 Å². The predicted molar refractivity (Wildman–Crippen MR) is 85.9 cm³/mol. The molecule has 0 unspecified atom stereocenters. The topological polar surface area (TPSA) is 40.9 Å². The van der Waals surface area contributed by atoms with E-state index in [4.69, 9.17) is 16.9 Å². The van der Waals surface area contributed by atoms with Crippen molar-refractivity contribution in [3.8, 4) is 6.07 Å². The molecule has 0 bridgehead atoms. The van der Waals surface area contributed by atoms with Crippen molar-refractivity contribution < 1.29 is 4.79 Å². The fourth-order valence-electron chi connectivity index (χ4n) is 2.41. The molecule has 3 heteroatoms. The van der Waals surface area contributed by atoms with E-state index in [0.717, 1.165) is 27.1 Å². The molecule has 0 spiro atoms. The Bertz CT molecular complexity index is 935. The van der Waals surface area contributed by atoms with E-state index in [-0.39, 0.29) is 5.57 Å². The van der Waals surface area contributed by atoms with Crippen molar-refractivity contribution in [2.24, 2.45) is 0 Å². The molecule has 0 N–H and O–H groups in total.